The third kappa shape index (κ3) is 16.0. The highest BCUT2D eigenvalue weighted by Gasteiger charge is 2.02. The van der Waals surface area contributed by atoms with Gasteiger partial charge in [-0.05, 0) is 25.8 Å². The van der Waals surface area contributed by atoms with Crippen LogP contribution in [0.3, 0.4) is 0 Å². The van der Waals surface area contributed by atoms with Crippen LogP contribution in [0.25, 0.3) is 0 Å². The third-order valence-electron chi connectivity index (χ3n) is 4.21. The Morgan fingerprint density at radius 2 is 1.00 bits per heavy atom. The predicted octanol–water partition coefficient (Wildman–Crippen LogP) is 5.14. The number of hydrogen-bond acceptors (Lipinski definition) is 2. The molecule has 0 aliphatic carbocycles. The Hall–Kier alpha value is -0.0800. The van der Waals surface area contributed by atoms with Crippen LogP contribution in [-0.4, -0.2) is 12.6 Å². The van der Waals surface area contributed by atoms with Crippen molar-refractivity contribution in [2.75, 3.05) is 6.54 Å². The van der Waals surface area contributed by atoms with Crippen molar-refractivity contribution >= 4 is 0 Å². The van der Waals surface area contributed by atoms with E-state index in [-0.39, 0.29) is 0 Å². The van der Waals surface area contributed by atoms with Crippen molar-refractivity contribution in [1.82, 2.24) is 0 Å². The van der Waals surface area contributed by atoms with Crippen molar-refractivity contribution in [1.29, 1.82) is 0 Å². The summed E-state index contributed by atoms with van der Waals surface area (Å²) >= 11 is 0. The van der Waals surface area contributed by atoms with E-state index in [1.54, 1.807) is 0 Å². The van der Waals surface area contributed by atoms with E-state index in [1.807, 2.05) is 0 Å². The van der Waals surface area contributed by atoms with Gasteiger partial charge >= 0.3 is 0 Å². The van der Waals surface area contributed by atoms with E-state index in [1.165, 1.54) is 89.9 Å². The summed E-state index contributed by atoms with van der Waals surface area (Å²) in [6.45, 7) is 3.11. The molecule has 4 N–H and O–H groups in total. The minimum Gasteiger partial charge on any atom is -0.330 e. The van der Waals surface area contributed by atoms with Gasteiger partial charge < -0.3 is 11.5 Å². The van der Waals surface area contributed by atoms with Crippen molar-refractivity contribution in [3.05, 3.63) is 0 Å². The fraction of sp³-hybridized carbons (Fsp3) is 1.00. The van der Waals surface area contributed by atoms with Gasteiger partial charge in [0.25, 0.3) is 0 Å². The first-order valence-corrected chi connectivity index (χ1v) is 9.27. The van der Waals surface area contributed by atoms with Gasteiger partial charge in [0, 0.05) is 6.04 Å². The molecule has 20 heavy (non-hydrogen) atoms. The standard InChI is InChI=1S/C18H40N2/c1-2-3-4-5-6-7-8-9-10-12-15-18(20)16-13-11-14-17-19/h18H,2-17,19-20H2,1H3. The summed E-state index contributed by atoms with van der Waals surface area (Å²) in [5.74, 6) is 0. The van der Waals surface area contributed by atoms with E-state index >= 15 is 0 Å². The predicted molar refractivity (Wildman–Crippen MR) is 92.0 cm³/mol. The molecule has 1 unspecified atom stereocenters. The lowest BCUT2D eigenvalue weighted by Crippen LogP contribution is -2.19. The van der Waals surface area contributed by atoms with Gasteiger partial charge in [0.05, 0.1) is 0 Å². The van der Waals surface area contributed by atoms with Crippen LogP contribution in [0, 0.1) is 0 Å². The fourth-order valence-electron chi connectivity index (χ4n) is 2.77. The molecule has 0 aliphatic rings. The maximum Gasteiger partial charge on any atom is 0.00388 e. The largest absolute Gasteiger partial charge is 0.330 e. The Morgan fingerprint density at radius 3 is 1.45 bits per heavy atom. The van der Waals surface area contributed by atoms with Gasteiger partial charge in [-0.15, -0.1) is 0 Å². The molecule has 2 nitrogen and oxygen atoms in total. The zero-order valence-electron chi connectivity index (χ0n) is 14.0. The van der Waals surface area contributed by atoms with E-state index in [9.17, 15) is 0 Å². The highest BCUT2D eigenvalue weighted by molar-refractivity contribution is 4.62. The van der Waals surface area contributed by atoms with Gasteiger partial charge in [-0.2, -0.15) is 0 Å². The third-order valence-corrected chi connectivity index (χ3v) is 4.21. The average molecular weight is 285 g/mol. The molecule has 0 aromatic rings. The molecule has 0 spiro atoms. The Morgan fingerprint density at radius 1 is 0.600 bits per heavy atom. The Kier molecular flexibility index (Phi) is 16.9. The van der Waals surface area contributed by atoms with Gasteiger partial charge in [0.1, 0.15) is 0 Å². The SMILES string of the molecule is CCCCCCCCCCCCC(N)CCCCCN. The zero-order valence-corrected chi connectivity index (χ0v) is 14.0. The first kappa shape index (κ1) is 19.9. The van der Waals surface area contributed by atoms with Crippen LogP contribution in [0.15, 0.2) is 0 Å². The van der Waals surface area contributed by atoms with E-state index < -0.39 is 0 Å². The summed E-state index contributed by atoms with van der Waals surface area (Å²) in [5.41, 5.74) is 11.6. The molecule has 0 aromatic heterocycles. The van der Waals surface area contributed by atoms with Crippen LogP contribution in [0.4, 0.5) is 0 Å². The Labute approximate surface area is 128 Å². The van der Waals surface area contributed by atoms with Gasteiger partial charge in [-0.25, -0.2) is 0 Å². The van der Waals surface area contributed by atoms with Crippen LogP contribution < -0.4 is 11.5 Å². The second kappa shape index (κ2) is 17.0. The molecular weight excluding hydrogens is 244 g/mol. The minimum absolute atomic E-state index is 0.432. The molecule has 0 saturated heterocycles. The van der Waals surface area contributed by atoms with Gasteiger partial charge in [-0.1, -0.05) is 84.0 Å². The van der Waals surface area contributed by atoms with Gasteiger partial charge in [-0.3, -0.25) is 0 Å². The van der Waals surface area contributed by atoms with Gasteiger partial charge in [0.15, 0.2) is 0 Å². The first-order chi connectivity index (χ1) is 9.81. The molecule has 0 saturated carbocycles. The Balaban J connectivity index is 3.07. The number of unbranched alkanes of at least 4 members (excludes halogenated alkanes) is 11. The molecule has 0 amide bonds. The highest BCUT2D eigenvalue weighted by atomic mass is 14.6. The van der Waals surface area contributed by atoms with Crippen molar-refractivity contribution < 1.29 is 0 Å². The lowest BCUT2D eigenvalue weighted by molar-refractivity contribution is 0.486. The van der Waals surface area contributed by atoms with Crippen molar-refractivity contribution in [2.45, 2.75) is 109 Å². The van der Waals surface area contributed by atoms with E-state index in [2.05, 4.69) is 6.92 Å². The second-order valence-electron chi connectivity index (χ2n) is 6.37. The molecule has 0 radical (unpaired) electrons. The van der Waals surface area contributed by atoms with E-state index in [4.69, 9.17) is 11.5 Å². The quantitative estimate of drug-likeness (QED) is 0.385. The lowest BCUT2D eigenvalue weighted by Gasteiger charge is -2.11. The molecule has 0 bridgehead atoms. The summed E-state index contributed by atoms with van der Waals surface area (Å²) in [6.07, 6.45) is 20.2. The molecule has 2 heteroatoms. The summed E-state index contributed by atoms with van der Waals surface area (Å²) in [6, 6.07) is 0.432. The molecule has 0 aliphatic heterocycles. The summed E-state index contributed by atoms with van der Waals surface area (Å²) in [7, 11) is 0. The Bertz CT molecular complexity index is 171. The van der Waals surface area contributed by atoms with E-state index in [0.29, 0.717) is 6.04 Å². The number of rotatable bonds is 16. The molecule has 0 rings (SSSR count). The summed E-state index contributed by atoms with van der Waals surface area (Å²) in [5, 5.41) is 0. The summed E-state index contributed by atoms with van der Waals surface area (Å²) < 4.78 is 0. The molecular formula is C18H40N2. The van der Waals surface area contributed by atoms with Crippen LogP contribution in [0.2, 0.25) is 0 Å². The summed E-state index contributed by atoms with van der Waals surface area (Å²) in [4.78, 5) is 0. The zero-order chi connectivity index (χ0) is 14.9. The number of hydrogen-bond donors (Lipinski definition) is 2. The molecule has 1 atom stereocenters. The van der Waals surface area contributed by atoms with Crippen LogP contribution in [-0.2, 0) is 0 Å². The normalized spacial score (nSPS) is 12.8. The first-order valence-electron chi connectivity index (χ1n) is 9.27. The maximum absolute atomic E-state index is 6.13. The average Bonchev–Trinajstić information content (AvgIpc) is 2.45. The molecule has 0 aromatic carbocycles. The lowest BCUT2D eigenvalue weighted by atomic mass is 10.0. The molecule has 122 valence electrons. The van der Waals surface area contributed by atoms with Crippen molar-refractivity contribution in [3.8, 4) is 0 Å². The smallest absolute Gasteiger partial charge is 0.00388 e. The number of nitrogens with two attached hydrogens (primary N) is 2. The van der Waals surface area contributed by atoms with Crippen molar-refractivity contribution in [2.24, 2.45) is 11.5 Å². The topological polar surface area (TPSA) is 52.0 Å². The molecule has 0 heterocycles. The highest BCUT2D eigenvalue weighted by Crippen LogP contribution is 2.13. The fourth-order valence-corrected chi connectivity index (χ4v) is 2.77. The molecule has 0 fully saturated rings. The van der Waals surface area contributed by atoms with E-state index in [0.717, 1.165) is 13.0 Å². The van der Waals surface area contributed by atoms with Crippen molar-refractivity contribution in [3.63, 3.8) is 0 Å². The van der Waals surface area contributed by atoms with Gasteiger partial charge in [0.2, 0.25) is 0 Å². The van der Waals surface area contributed by atoms with Crippen LogP contribution in [0.5, 0.6) is 0 Å². The minimum atomic E-state index is 0.432. The monoisotopic (exact) mass is 284 g/mol. The second-order valence-corrected chi connectivity index (χ2v) is 6.37. The van der Waals surface area contributed by atoms with Crippen LogP contribution >= 0.6 is 0 Å². The maximum atomic E-state index is 6.13. The van der Waals surface area contributed by atoms with Crippen LogP contribution in [0.1, 0.15) is 103 Å².